The first kappa shape index (κ1) is 18.4. The van der Waals surface area contributed by atoms with Gasteiger partial charge < -0.3 is 0 Å². The number of hydrogen-bond donors (Lipinski definition) is 1. The van der Waals surface area contributed by atoms with E-state index in [4.69, 9.17) is 11.6 Å². The highest BCUT2D eigenvalue weighted by atomic mass is 35.5. The van der Waals surface area contributed by atoms with Crippen molar-refractivity contribution in [3.63, 3.8) is 0 Å². The Labute approximate surface area is 172 Å². The summed E-state index contributed by atoms with van der Waals surface area (Å²) >= 11 is 10.7. The molecule has 4 aromatic rings. The van der Waals surface area contributed by atoms with Gasteiger partial charge in [0.1, 0.15) is 4.83 Å². The smallest absolute Gasteiger partial charge is 0.267 e. The number of amides is 1. The SMILES string of the molecule is CCSc1nnc(NC(=O)c2cc3c(C)nn(-c4ccccc4Cl)c3s2)s1. The number of hydrogen-bond acceptors (Lipinski definition) is 7. The van der Waals surface area contributed by atoms with Gasteiger partial charge in [-0.2, -0.15) is 5.10 Å². The fourth-order valence-corrected chi connectivity index (χ4v) is 5.48. The van der Waals surface area contributed by atoms with Crippen molar-refractivity contribution in [2.75, 3.05) is 11.1 Å². The van der Waals surface area contributed by atoms with Gasteiger partial charge in [0.2, 0.25) is 5.13 Å². The second-order valence-electron chi connectivity index (χ2n) is 5.54. The predicted molar refractivity (Wildman–Crippen MR) is 113 cm³/mol. The number of nitrogens with one attached hydrogen (secondary N) is 1. The van der Waals surface area contributed by atoms with Crippen LogP contribution in [-0.2, 0) is 0 Å². The molecule has 3 heterocycles. The fraction of sp³-hybridized carbons (Fsp3) is 0.176. The molecule has 0 aliphatic heterocycles. The van der Waals surface area contributed by atoms with Gasteiger partial charge in [-0.3, -0.25) is 10.1 Å². The highest BCUT2D eigenvalue weighted by Gasteiger charge is 2.19. The molecule has 0 aliphatic carbocycles. The van der Waals surface area contributed by atoms with E-state index < -0.39 is 0 Å². The number of carbonyl (C=O) groups is 1. The maximum absolute atomic E-state index is 12.7. The van der Waals surface area contributed by atoms with Crippen LogP contribution < -0.4 is 5.32 Å². The van der Waals surface area contributed by atoms with Crippen LogP contribution in [0.15, 0.2) is 34.7 Å². The Morgan fingerprint density at radius 2 is 2.11 bits per heavy atom. The molecule has 4 rings (SSSR count). The van der Waals surface area contributed by atoms with E-state index in [9.17, 15) is 4.79 Å². The van der Waals surface area contributed by atoms with Crippen molar-refractivity contribution < 1.29 is 4.79 Å². The maximum atomic E-state index is 12.7. The summed E-state index contributed by atoms with van der Waals surface area (Å²) in [5.74, 6) is 0.710. The average Bonchev–Trinajstić information content (AvgIpc) is 3.33. The Kier molecular flexibility index (Phi) is 5.18. The van der Waals surface area contributed by atoms with Crippen LogP contribution in [0.2, 0.25) is 5.02 Å². The number of thioether (sulfide) groups is 1. The maximum Gasteiger partial charge on any atom is 0.267 e. The lowest BCUT2D eigenvalue weighted by molar-refractivity contribution is 0.103. The molecule has 0 atom stereocenters. The number of fused-ring (bicyclic) bond motifs is 1. The second-order valence-corrected chi connectivity index (χ2v) is 9.46. The highest BCUT2D eigenvalue weighted by Crippen LogP contribution is 2.33. The zero-order valence-corrected chi connectivity index (χ0v) is 17.6. The zero-order chi connectivity index (χ0) is 19.0. The monoisotopic (exact) mass is 435 g/mol. The second kappa shape index (κ2) is 7.59. The average molecular weight is 436 g/mol. The molecule has 0 saturated heterocycles. The lowest BCUT2D eigenvalue weighted by Crippen LogP contribution is -2.09. The first-order chi connectivity index (χ1) is 13.1. The van der Waals surface area contributed by atoms with Crippen LogP contribution in [0.3, 0.4) is 0 Å². The Bertz CT molecular complexity index is 1130. The molecule has 1 aromatic carbocycles. The van der Waals surface area contributed by atoms with Gasteiger partial charge in [-0.1, -0.05) is 53.8 Å². The van der Waals surface area contributed by atoms with E-state index in [-0.39, 0.29) is 5.91 Å². The summed E-state index contributed by atoms with van der Waals surface area (Å²) in [6, 6.07) is 9.37. The van der Waals surface area contributed by atoms with E-state index in [0.29, 0.717) is 15.0 Å². The predicted octanol–water partition coefficient (Wildman–Crippen LogP) is 5.26. The number of nitrogens with zero attached hydrogens (tertiary/aromatic N) is 4. The van der Waals surface area contributed by atoms with E-state index in [1.165, 1.54) is 22.7 Å². The minimum absolute atomic E-state index is 0.203. The molecular formula is C17H14ClN5OS3. The van der Waals surface area contributed by atoms with Crippen molar-refractivity contribution in [1.82, 2.24) is 20.0 Å². The fourth-order valence-electron chi connectivity index (χ4n) is 2.55. The van der Waals surface area contributed by atoms with E-state index in [1.807, 2.05) is 44.2 Å². The molecule has 0 fully saturated rings. The summed E-state index contributed by atoms with van der Waals surface area (Å²) in [5.41, 5.74) is 1.63. The summed E-state index contributed by atoms with van der Waals surface area (Å²) < 4.78 is 2.63. The van der Waals surface area contributed by atoms with Crippen molar-refractivity contribution in [3.05, 3.63) is 45.9 Å². The molecule has 1 amide bonds. The van der Waals surface area contributed by atoms with Crippen LogP contribution >= 0.6 is 46.0 Å². The molecule has 0 radical (unpaired) electrons. The van der Waals surface area contributed by atoms with Crippen molar-refractivity contribution in [2.24, 2.45) is 0 Å². The normalized spacial score (nSPS) is 11.2. The van der Waals surface area contributed by atoms with Crippen LogP contribution in [0.25, 0.3) is 15.9 Å². The first-order valence-electron chi connectivity index (χ1n) is 8.08. The zero-order valence-electron chi connectivity index (χ0n) is 14.4. The number of halogens is 1. The minimum Gasteiger partial charge on any atom is -0.296 e. The third-order valence-corrected chi connectivity index (χ3v) is 7.03. The number of thiophene rings is 1. The topological polar surface area (TPSA) is 72.7 Å². The van der Waals surface area contributed by atoms with Gasteiger partial charge in [-0.05, 0) is 30.9 Å². The van der Waals surface area contributed by atoms with Crippen molar-refractivity contribution >= 4 is 67.3 Å². The lowest BCUT2D eigenvalue weighted by Gasteiger charge is -2.04. The minimum atomic E-state index is -0.203. The number of rotatable bonds is 5. The number of aryl methyl sites for hydroxylation is 1. The lowest BCUT2D eigenvalue weighted by atomic mass is 10.3. The van der Waals surface area contributed by atoms with Crippen LogP contribution in [0.1, 0.15) is 22.3 Å². The van der Waals surface area contributed by atoms with Gasteiger partial charge in [0.15, 0.2) is 4.34 Å². The molecule has 10 heteroatoms. The summed E-state index contributed by atoms with van der Waals surface area (Å²) in [6.45, 7) is 3.97. The molecule has 27 heavy (non-hydrogen) atoms. The molecule has 0 spiro atoms. The number of carbonyl (C=O) groups excluding carboxylic acids is 1. The third-order valence-electron chi connectivity index (χ3n) is 3.74. The summed E-state index contributed by atoms with van der Waals surface area (Å²) in [7, 11) is 0. The molecule has 1 N–H and O–H groups in total. The Morgan fingerprint density at radius 1 is 1.30 bits per heavy atom. The Balaban J connectivity index is 1.66. The van der Waals surface area contributed by atoms with Crippen LogP contribution in [0.5, 0.6) is 0 Å². The van der Waals surface area contributed by atoms with Crippen LogP contribution in [-0.4, -0.2) is 31.6 Å². The first-order valence-corrected chi connectivity index (χ1v) is 11.1. The Hall–Kier alpha value is -1.94. The summed E-state index contributed by atoms with van der Waals surface area (Å²) in [4.78, 5) is 14.1. The summed E-state index contributed by atoms with van der Waals surface area (Å²) in [5, 5.41) is 17.5. The van der Waals surface area contributed by atoms with Gasteiger partial charge in [0, 0.05) is 5.39 Å². The molecule has 0 bridgehead atoms. The molecule has 0 saturated carbocycles. The van der Waals surface area contributed by atoms with Gasteiger partial charge in [-0.15, -0.1) is 21.5 Å². The number of para-hydroxylation sites is 1. The molecule has 0 unspecified atom stereocenters. The summed E-state index contributed by atoms with van der Waals surface area (Å²) in [6.07, 6.45) is 0. The molecule has 6 nitrogen and oxygen atoms in total. The van der Waals surface area contributed by atoms with Crippen molar-refractivity contribution in [1.29, 1.82) is 0 Å². The van der Waals surface area contributed by atoms with Gasteiger partial charge in [0.05, 0.1) is 21.3 Å². The van der Waals surface area contributed by atoms with E-state index >= 15 is 0 Å². The van der Waals surface area contributed by atoms with E-state index in [2.05, 4.69) is 20.6 Å². The van der Waals surface area contributed by atoms with Gasteiger partial charge in [-0.25, -0.2) is 4.68 Å². The number of benzene rings is 1. The Morgan fingerprint density at radius 3 is 2.89 bits per heavy atom. The molecule has 0 aliphatic rings. The largest absolute Gasteiger partial charge is 0.296 e. The standard InChI is InChI=1S/C17H14ClN5OS3/c1-3-25-17-21-20-16(27-17)19-14(24)13-8-10-9(2)22-23(15(10)26-13)12-7-5-4-6-11(12)18/h4-8H,3H2,1-2H3,(H,19,20,24). The number of anilines is 1. The van der Waals surface area contributed by atoms with Crippen LogP contribution in [0.4, 0.5) is 5.13 Å². The van der Waals surface area contributed by atoms with Crippen LogP contribution in [0, 0.1) is 6.92 Å². The number of aromatic nitrogens is 4. The van der Waals surface area contributed by atoms with Crippen molar-refractivity contribution in [2.45, 2.75) is 18.2 Å². The third kappa shape index (κ3) is 3.60. The molecular weight excluding hydrogens is 422 g/mol. The highest BCUT2D eigenvalue weighted by molar-refractivity contribution is 8.01. The van der Waals surface area contributed by atoms with E-state index in [0.717, 1.165) is 31.7 Å². The van der Waals surface area contributed by atoms with Gasteiger partial charge >= 0.3 is 0 Å². The molecule has 138 valence electrons. The molecule has 3 aromatic heterocycles. The van der Waals surface area contributed by atoms with E-state index in [1.54, 1.807) is 16.4 Å². The quantitative estimate of drug-likeness (QED) is 0.341. The van der Waals surface area contributed by atoms with Crippen molar-refractivity contribution in [3.8, 4) is 5.69 Å². The van der Waals surface area contributed by atoms with Gasteiger partial charge in [0.25, 0.3) is 5.91 Å².